The number of nitrogens with zero attached hydrogens (tertiary/aromatic N) is 3. The summed E-state index contributed by atoms with van der Waals surface area (Å²) in [6.07, 6.45) is 1.76. The number of carbonyl (C=O) groups is 1. The van der Waals surface area contributed by atoms with Gasteiger partial charge in [-0.3, -0.25) is 4.79 Å². The number of aromatic nitrogens is 2. The fourth-order valence-electron chi connectivity index (χ4n) is 3.35. The van der Waals surface area contributed by atoms with Crippen LogP contribution in [-0.2, 0) is 16.0 Å². The van der Waals surface area contributed by atoms with Gasteiger partial charge in [0.25, 0.3) is 0 Å². The van der Waals surface area contributed by atoms with Crippen molar-refractivity contribution < 1.29 is 19.0 Å². The lowest BCUT2D eigenvalue weighted by Gasteiger charge is -2.11. The molecule has 3 aromatic rings. The molecule has 7 nitrogen and oxygen atoms in total. The molecule has 0 amide bonds. The van der Waals surface area contributed by atoms with Gasteiger partial charge in [-0.15, -0.1) is 0 Å². The Balaban J connectivity index is 1.73. The minimum Gasteiger partial charge on any atom is -0.502 e. The van der Waals surface area contributed by atoms with Crippen LogP contribution in [0, 0.1) is 6.57 Å². The van der Waals surface area contributed by atoms with E-state index in [1.807, 2.05) is 38.1 Å². The first-order valence-electron chi connectivity index (χ1n) is 11.4. The number of aryl methyl sites for hydroxylation is 1. The highest BCUT2D eigenvalue weighted by Crippen LogP contribution is 2.35. The Hall–Kier alpha value is -3.44. The number of esters is 1. The highest BCUT2D eigenvalue weighted by molar-refractivity contribution is 7.09. The fraction of sp³-hybridized carbons (Fsp3) is 0.385. The van der Waals surface area contributed by atoms with Crippen molar-refractivity contribution >= 4 is 23.2 Å². The Morgan fingerprint density at radius 1 is 1.18 bits per heavy atom. The van der Waals surface area contributed by atoms with E-state index in [9.17, 15) is 4.79 Å². The maximum absolute atomic E-state index is 11.4. The summed E-state index contributed by atoms with van der Waals surface area (Å²) in [7, 11) is 0. The van der Waals surface area contributed by atoms with E-state index in [0.717, 1.165) is 33.9 Å². The predicted octanol–water partition coefficient (Wildman–Crippen LogP) is 6.49. The van der Waals surface area contributed by atoms with Gasteiger partial charge in [0.15, 0.2) is 5.82 Å². The molecule has 0 aliphatic carbocycles. The zero-order valence-corrected chi connectivity index (χ0v) is 20.8. The monoisotopic (exact) mass is 479 g/mol. The van der Waals surface area contributed by atoms with Crippen molar-refractivity contribution in [2.24, 2.45) is 0 Å². The minimum atomic E-state index is -0.201. The molecule has 0 aliphatic heterocycles. The number of hydrogen-bond donors (Lipinski definition) is 0. The zero-order chi connectivity index (χ0) is 24.5. The molecule has 0 fully saturated rings. The maximum Gasteiger partial charge on any atom is 0.305 e. The molecule has 0 saturated heterocycles. The topological polar surface area (TPSA) is 74.9 Å². The van der Waals surface area contributed by atoms with Crippen LogP contribution in [0.15, 0.2) is 36.4 Å². The number of ether oxygens (including phenoxy) is 3. The normalized spacial score (nSPS) is 10.7. The molecule has 0 aliphatic rings. The minimum absolute atomic E-state index is 0.00710. The van der Waals surface area contributed by atoms with Crippen LogP contribution in [0.3, 0.4) is 0 Å². The van der Waals surface area contributed by atoms with Crippen molar-refractivity contribution in [2.45, 2.75) is 53.1 Å². The number of hydrogen-bond acceptors (Lipinski definition) is 7. The van der Waals surface area contributed by atoms with Gasteiger partial charge in [-0.05, 0) is 81.0 Å². The van der Waals surface area contributed by atoms with Gasteiger partial charge in [0.1, 0.15) is 16.5 Å². The molecule has 1 aromatic heterocycles. The summed E-state index contributed by atoms with van der Waals surface area (Å²) in [5, 5.41) is 0.813. The summed E-state index contributed by atoms with van der Waals surface area (Å²) in [6, 6.07) is 11.4. The van der Waals surface area contributed by atoms with Crippen LogP contribution in [0.5, 0.6) is 11.5 Å². The maximum atomic E-state index is 11.4. The summed E-state index contributed by atoms with van der Waals surface area (Å²) in [5.74, 6) is 1.71. The highest BCUT2D eigenvalue weighted by Gasteiger charge is 2.15. The largest absolute Gasteiger partial charge is 0.502 e. The Labute approximate surface area is 204 Å². The molecule has 0 N–H and O–H groups in total. The summed E-state index contributed by atoms with van der Waals surface area (Å²) < 4.78 is 21.0. The predicted molar refractivity (Wildman–Crippen MR) is 134 cm³/mol. The Morgan fingerprint density at radius 3 is 2.71 bits per heavy atom. The van der Waals surface area contributed by atoms with E-state index < -0.39 is 0 Å². The van der Waals surface area contributed by atoms with Gasteiger partial charge in [-0.1, -0.05) is 13.0 Å². The van der Waals surface area contributed by atoms with Gasteiger partial charge in [-0.2, -0.15) is 4.37 Å². The van der Waals surface area contributed by atoms with Crippen molar-refractivity contribution in [3.63, 3.8) is 0 Å². The second-order valence-electron chi connectivity index (χ2n) is 7.81. The fourth-order valence-corrected chi connectivity index (χ4v) is 4.09. The van der Waals surface area contributed by atoms with Crippen LogP contribution in [0.2, 0.25) is 0 Å². The molecule has 178 valence electrons. The lowest BCUT2D eigenvalue weighted by Crippen LogP contribution is -2.06. The number of rotatable bonds is 11. The first-order valence-corrected chi connectivity index (χ1v) is 12.2. The third kappa shape index (κ3) is 6.55. The third-order valence-corrected chi connectivity index (χ3v) is 5.66. The molecule has 0 unspecified atom stereocenters. The third-order valence-electron chi connectivity index (χ3n) is 4.91. The van der Waals surface area contributed by atoms with Crippen molar-refractivity contribution in [1.29, 1.82) is 0 Å². The molecule has 0 saturated carbocycles. The van der Waals surface area contributed by atoms with E-state index in [2.05, 4.69) is 16.1 Å². The van der Waals surface area contributed by atoms with Crippen LogP contribution in [-0.4, -0.2) is 34.6 Å². The van der Waals surface area contributed by atoms with Gasteiger partial charge in [0, 0.05) is 17.5 Å². The van der Waals surface area contributed by atoms with Crippen LogP contribution in [0.4, 0.5) is 5.69 Å². The first kappa shape index (κ1) is 25.2. The van der Waals surface area contributed by atoms with Crippen LogP contribution in [0.25, 0.3) is 26.8 Å². The Morgan fingerprint density at radius 2 is 2.00 bits per heavy atom. The molecule has 0 atom stereocenters. The van der Waals surface area contributed by atoms with Crippen molar-refractivity contribution in [3.05, 3.63) is 53.4 Å². The van der Waals surface area contributed by atoms with Gasteiger partial charge in [0.05, 0.1) is 25.9 Å². The standard InChI is InChI=1S/C26H29N3O4S/c1-6-18-15-20(32-14-8-9-24(30)31-7-2)11-12-21(18)26-28-25(29-34-26)19-10-13-23(33-17(3)4)22(16-19)27-5/h10-13,15-17H,6-9,14H2,1-4H3. The van der Waals surface area contributed by atoms with Gasteiger partial charge >= 0.3 is 5.97 Å². The molecule has 8 heteroatoms. The molecule has 0 radical (unpaired) electrons. The van der Waals surface area contributed by atoms with E-state index in [4.69, 9.17) is 25.8 Å². The average molecular weight is 480 g/mol. The Bertz CT molecular complexity index is 1170. The van der Waals surface area contributed by atoms with E-state index in [1.54, 1.807) is 19.1 Å². The SMILES string of the molecule is [C-]#[N+]c1cc(-c2nsc(-c3ccc(OCCCC(=O)OCC)cc3CC)n2)ccc1OC(C)C. The molecule has 0 spiro atoms. The van der Waals surface area contributed by atoms with Crippen LogP contribution in [0.1, 0.15) is 46.1 Å². The zero-order valence-electron chi connectivity index (χ0n) is 20.0. The van der Waals surface area contributed by atoms with Gasteiger partial charge in [0.2, 0.25) is 5.69 Å². The summed E-state index contributed by atoms with van der Waals surface area (Å²) in [5.41, 5.74) is 3.34. The second-order valence-corrected chi connectivity index (χ2v) is 8.57. The summed E-state index contributed by atoms with van der Waals surface area (Å²) >= 11 is 1.33. The smallest absolute Gasteiger partial charge is 0.305 e. The lowest BCUT2D eigenvalue weighted by atomic mass is 10.1. The van der Waals surface area contributed by atoms with Crippen molar-refractivity contribution in [1.82, 2.24) is 9.36 Å². The van der Waals surface area contributed by atoms with Gasteiger partial charge < -0.3 is 14.2 Å². The highest BCUT2D eigenvalue weighted by atomic mass is 32.1. The van der Waals surface area contributed by atoms with Crippen molar-refractivity contribution in [3.8, 4) is 33.5 Å². The molecule has 34 heavy (non-hydrogen) atoms. The quantitative estimate of drug-likeness (QED) is 0.178. The van der Waals surface area contributed by atoms with E-state index in [-0.39, 0.29) is 12.1 Å². The summed E-state index contributed by atoms with van der Waals surface area (Å²) in [4.78, 5) is 19.8. The number of benzene rings is 2. The number of carbonyl (C=O) groups excluding carboxylic acids is 1. The van der Waals surface area contributed by atoms with Crippen LogP contribution >= 0.6 is 11.5 Å². The summed E-state index contributed by atoms with van der Waals surface area (Å²) in [6.45, 7) is 16.1. The molecule has 3 rings (SSSR count). The van der Waals surface area contributed by atoms with E-state index >= 15 is 0 Å². The van der Waals surface area contributed by atoms with Crippen molar-refractivity contribution in [2.75, 3.05) is 13.2 Å². The van der Waals surface area contributed by atoms with Crippen LogP contribution < -0.4 is 9.47 Å². The molecule has 1 heterocycles. The first-order chi connectivity index (χ1) is 16.4. The molecule has 0 bridgehead atoms. The van der Waals surface area contributed by atoms with E-state index in [1.165, 1.54) is 11.5 Å². The van der Waals surface area contributed by atoms with Gasteiger partial charge in [-0.25, -0.2) is 9.83 Å². The lowest BCUT2D eigenvalue weighted by molar-refractivity contribution is -0.143. The molecule has 2 aromatic carbocycles. The average Bonchev–Trinajstić information content (AvgIpc) is 3.32. The molecular weight excluding hydrogens is 450 g/mol. The molecular formula is C26H29N3O4S. The second kappa shape index (κ2) is 12.1. The van der Waals surface area contributed by atoms with E-state index in [0.29, 0.717) is 43.3 Å². The Kier molecular flexibility index (Phi) is 9.00.